The first-order valence-corrected chi connectivity index (χ1v) is 6.82. The Morgan fingerprint density at radius 2 is 2.16 bits per heavy atom. The molecule has 3 nitrogen and oxygen atoms in total. The van der Waals surface area contributed by atoms with Crippen molar-refractivity contribution in [1.29, 1.82) is 0 Å². The van der Waals surface area contributed by atoms with Gasteiger partial charge in [0.1, 0.15) is 5.82 Å². The molecule has 5 heteroatoms. The summed E-state index contributed by atoms with van der Waals surface area (Å²) < 4.78 is 18.8. The average Bonchev–Trinajstić information content (AvgIpc) is 2.33. The summed E-state index contributed by atoms with van der Waals surface area (Å²) in [5, 5.41) is 6.50. The topological polar surface area (TPSA) is 33.3 Å². The Morgan fingerprint density at radius 1 is 1.42 bits per heavy atom. The third-order valence-corrected chi connectivity index (χ3v) is 2.73. The predicted octanol–water partition coefficient (Wildman–Crippen LogP) is 3.24. The van der Waals surface area contributed by atoms with Gasteiger partial charge in [-0.05, 0) is 57.1 Å². The highest BCUT2D eigenvalue weighted by molar-refractivity contribution is 7.80. The number of rotatable bonds is 6. The Balaban J connectivity index is 2.25. The maximum absolute atomic E-state index is 13.3. The number of anilines is 1. The molecule has 0 aliphatic heterocycles. The van der Waals surface area contributed by atoms with Gasteiger partial charge in [0.15, 0.2) is 5.11 Å². The lowest BCUT2D eigenvalue weighted by Gasteiger charge is -2.12. The van der Waals surface area contributed by atoms with Crippen LogP contribution in [0.15, 0.2) is 18.2 Å². The highest BCUT2D eigenvalue weighted by Gasteiger charge is 2.01. The minimum absolute atomic E-state index is 0.238. The van der Waals surface area contributed by atoms with E-state index in [1.54, 1.807) is 19.1 Å². The van der Waals surface area contributed by atoms with Gasteiger partial charge in [-0.2, -0.15) is 0 Å². The van der Waals surface area contributed by atoms with Crippen molar-refractivity contribution in [2.75, 3.05) is 18.5 Å². The van der Waals surface area contributed by atoms with Crippen molar-refractivity contribution in [3.63, 3.8) is 0 Å². The normalized spacial score (nSPS) is 10.6. The molecular formula is C14H21FN2OS. The average molecular weight is 284 g/mol. The van der Waals surface area contributed by atoms with Gasteiger partial charge in [0, 0.05) is 18.8 Å². The largest absolute Gasteiger partial charge is 0.379 e. The van der Waals surface area contributed by atoms with Gasteiger partial charge in [0.05, 0.1) is 6.10 Å². The number of nitrogens with one attached hydrogen (secondary N) is 2. The summed E-state index contributed by atoms with van der Waals surface area (Å²) in [7, 11) is 0. The molecular weight excluding hydrogens is 263 g/mol. The van der Waals surface area contributed by atoms with Gasteiger partial charge in [-0.25, -0.2) is 4.39 Å². The molecule has 1 aromatic rings. The Labute approximate surface area is 119 Å². The molecule has 0 unspecified atom stereocenters. The summed E-state index contributed by atoms with van der Waals surface area (Å²) in [4.78, 5) is 0. The fourth-order valence-corrected chi connectivity index (χ4v) is 1.66. The number of benzene rings is 1. The van der Waals surface area contributed by atoms with Crippen molar-refractivity contribution >= 4 is 23.0 Å². The molecule has 0 saturated heterocycles. The third-order valence-electron chi connectivity index (χ3n) is 2.49. The highest BCUT2D eigenvalue weighted by Crippen LogP contribution is 2.13. The number of hydrogen-bond acceptors (Lipinski definition) is 2. The van der Waals surface area contributed by atoms with Crippen molar-refractivity contribution in [2.24, 2.45) is 0 Å². The minimum Gasteiger partial charge on any atom is -0.379 e. The molecule has 106 valence electrons. The van der Waals surface area contributed by atoms with Gasteiger partial charge in [-0.1, -0.05) is 6.07 Å². The van der Waals surface area contributed by atoms with Crippen LogP contribution in [-0.2, 0) is 4.74 Å². The van der Waals surface area contributed by atoms with E-state index >= 15 is 0 Å². The van der Waals surface area contributed by atoms with E-state index < -0.39 is 0 Å². The summed E-state index contributed by atoms with van der Waals surface area (Å²) in [5.41, 5.74) is 1.27. The maximum Gasteiger partial charge on any atom is 0.170 e. The van der Waals surface area contributed by atoms with Gasteiger partial charge in [0.25, 0.3) is 0 Å². The molecule has 1 aromatic carbocycles. The second-order valence-electron chi connectivity index (χ2n) is 4.62. The summed E-state index contributed by atoms with van der Waals surface area (Å²) in [6.07, 6.45) is 1.13. The smallest absolute Gasteiger partial charge is 0.170 e. The second kappa shape index (κ2) is 8.07. The van der Waals surface area contributed by atoms with Crippen LogP contribution < -0.4 is 10.6 Å². The lowest BCUT2D eigenvalue weighted by atomic mass is 10.2. The van der Waals surface area contributed by atoms with Gasteiger partial charge >= 0.3 is 0 Å². The van der Waals surface area contributed by atoms with Crippen molar-refractivity contribution in [3.8, 4) is 0 Å². The Hall–Kier alpha value is -1.20. The quantitative estimate of drug-likeness (QED) is 0.620. The van der Waals surface area contributed by atoms with E-state index in [1.165, 1.54) is 6.07 Å². The molecule has 0 aliphatic rings. The zero-order valence-corrected chi connectivity index (χ0v) is 12.4. The van der Waals surface area contributed by atoms with Gasteiger partial charge in [0.2, 0.25) is 0 Å². The lowest BCUT2D eigenvalue weighted by molar-refractivity contribution is 0.0777. The zero-order valence-electron chi connectivity index (χ0n) is 11.6. The molecule has 0 heterocycles. The van der Waals surface area contributed by atoms with E-state index in [-0.39, 0.29) is 11.9 Å². The molecule has 0 atom stereocenters. The lowest BCUT2D eigenvalue weighted by Crippen LogP contribution is -2.30. The number of thiocarbonyl (C=S) groups is 1. The van der Waals surface area contributed by atoms with Crippen LogP contribution in [0.4, 0.5) is 10.1 Å². The zero-order chi connectivity index (χ0) is 14.3. The Kier molecular flexibility index (Phi) is 6.73. The predicted molar refractivity (Wildman–Crippen MR) is 81.1 cm³/mol. The highest BCUT2D eigenvalue weighted by atomic mass is 32.1. The first-order chi connectivity index (χ1) is 8.99. The van der Waals surface area contributed by atoms with Crippen LogP contribution in [0.2, 0.25) is 0 Å². The molecule has 0 spiro atoms. The number of ether oxygens (including phenoxy) is 1. The molecule has 2 N–H and O–H groups in total. The molecule has 19 heavy (non-hydrogen) atoms. The van der Waals surface area contributed by atoms with Crippen LogP contribution in [0.3, 0.4) is 0 Å². The van der Waals surface area contributed by atoms with Crippen LogP contribution >= 0.6 is 12.2 Å². The summed E-state index contributed by atoms with van der Waals surface area (Å²) >= 11 is 5.13. The summed E-state index contributed by atoms with van der Waals surface area (Å²) in [6, 6.07) is 4.95. The van der Waals surface area contributed by atoms with Crippen LogP contribution in [0.5, 0.6) is 0 Å². The second-order valence-corrected chi connectivity index (χ2v) is 5.03. The molecule has 0 aromatic heterocycles. The first kappa shape index (κ1) is 15.9. The van der Waals surface area contributed by atoms with E-state index in [1.807, 2.05) is 13.8 Å². The van der Waals surface area contributed by atoms with E-state index in [0.29, 0.717) is 23.0 Å². The fourth-order valence-electron chi connectivity index (χ4n) is 1.44. The maximum atomic E-state index is 13.3. The molecule has 0 bridgehead atoms. The number of hydrogen-bond donors (Lipinski definition) is 2. The molecule has 0 amide bonds. The first-order valence-electron chi connectivity index (χ1n) is 6.41. The molecule has 0 radical (unpaired) electrons. The van der Waals surface area contributed by atoms with Gasteiger partial charge in [-0.3, -0.25) is 0 Å². The molecule has 0 aliphatic carbocycles. The molecule has 0 saturated carbocycles. The summed E-state index contributed by atoms with van der Waals surface area (Å²) in [6.45, 7) is 7.17. The number of aryl methyl sites for hydroxylation is 1. The van der Waals surface area contributed by atoms with E-state index in [4.69, 9.17) is 17.0 Å². The van der Waals surface area contributed by atoms with Crippen LogP contribution in [0.1, 0.15) is 25.8 Å². The van der Waals surface area contributed by atoms with Crippen LogP contribution in [0.25, 0.3) is 0 Å². The van der Waals surface area contributed by atoms with Crippen molar-refractivity contribution in [2.45, 2.75) is 33.3 Å². The van der Waals surface area contributed by atoms with E-state index in [9.17, 15) is 4.39 Å². The van der Waals surface area contributed by atoms with Crippen molar-refractivity contribution in [3.05, 3.63) is 29.6 Å². The number of halogens is 1. The molecule has 1 rings (SSSR count). The van der Waals surface area contributed by atoms with Crippen LogP contribution in [0, 0.1) is 12.7 Å². The van der Waals surface area contributed by atoms with Crippen molar-refractivity contribution < 1.29 is 9.13 Å². The SMILES string of the molecule is Cc1ccc(NC(=S)NCCCOC(C)C)cc1F. The van der Waals surface area contributed by atoms with Crippen molar-refractivity contribution in [1.82, 2.24) is 5.32 Å². The van der Waals surface area contributed by atoms with Crippen LogP contribution in [-0.4, -0.2) is 24.4 Å². The van der Waals surface area contributed by atoms with Gasteiger partial charge < -0.3 is 15.4 Å². The standard InChI is InChI=1S/C14H21FN2OS/c1-10(2)18-8-4-7-16-14(19)17-12-6-5-11(3)13(15)9-12/h5-6,9-10H,4,7-8H2,1-3H3,(H2,16,17,19). The van der Waals surface area contributed by atoms with Gasteiger partial charge in [-0.15, -0.1) is 0 Å². The minimum atomic E-state index is -0.238. The summed E-state index contributed by atoms with van der Waals surface area (Å²) in [5.74, 6) is -0.238. The fraction of sp³-hybridized carbons (Fsp3) is 0.500. The van der Waals surface area contributed by atoms with E-state index in [2.05, 4.69) is 10.6 Å². The third kappa shape index (κ3) is 6.50. The molecule has 0 fully saturated rings. The Morgan fingerprint density at radius 3 is 2.79 bits per heavy atom. The Bertz CT molecular complexity index is 424. The monoisotopic (exact) mass is 284 g/mol. The van der Waals surface area contributed by atoms with E-state index in [0.717, 1.165) is 13.0 Å².